The summed E-state index contributed by atoms with van der Waals surface area (Å²) in [6.45, 7) is 7.28. The van der Waals surface area contributed by atoms with Gasteiger partial charge in [0.1, 0.15) is 0 Å². The summed E-state index contributed by atoms with van der Waals surface area (Å²) >= 11 is 0. The van der Waals surface area contributed by atoms with Crippen molar-refractivity contribution >= 4 is 0 Å². The third-order valence-corrected chi connectivity index (χ3v) is 2.90. The Morgan fingerprint density at radius 3 is 1.79 bits per heavy atom. The first-order valence-electron chi connectivity index (χ1n) is 7.44. The van der Waals surface area contributed by atoms with Crippen LogP contribution in [0, 0.1) is 0 Å². The molecule has 0 bridgehead atoms. The van der Waals surface area contributed by atoms with Crippen LogP contribution < -0.4 is 0 Å². The minimum absolute atomic E-state index is 0.0795. The minimum atomic E-state index is 0.0795. The highest BCUT2D eigenvalue weighted by atomic mass is 16.5. The lowest BCUT2D eigenvalue weighted by molar-refractivity contribution is 0.0503. The fourth-order valence-electron chi connectivity index (χ4n) is 1.82. The standard InChI is InChI=1S/C14H31NO4/c1-2-3-4-5-6-15(7-11-18-13-9-16)8-12-19-14-10-17/h16-17H,2-14H2,1H3. The van der Waals surface area contributed by atoms with Crippen molar-refractivity contribution in [1.82, 2.24) is 4.90 Å². The van der Waals surface area contributed by atoms with E-state index >= 15 is 0 Å². The largest absolute Gasteiger partial charge is 0.394 e. The summed E-state index contributed by atoms with van der Waals surface area (Å²) in [4.78, 5) is 2.32. The van der Waals surface area contributed by atoms with Gasteiger partial charge >= 0.3 is 0 Å². The fraction of sp³-hybridized carbons (Fsp3) is 1.00. The predicted octanol–water partition coefficient (Wildman–Crippen LogP) is 0.886. The zero-order chi connectivity index (χ0) is 14.2. The van der Waals surface area contributed by atoms with Gasteiger partial charge < -0.3 is 19.7 Å². The first-order valence-corrected chi connectivity index (χ1v) is 7.44. The van der Waals surface area contributed by atoms with Crippen LogP contribution in [-0.2, 0) is 9.47 Å². The molecule has 0 heterocycles. The molecule has 5 nitrogen and oxygen atoms in total. The van der Waals surface area contributed by atoms with Crippen molar-refractivity contribution < 1.29 is 19.7 Å². The van der Waals surface area contributed by atoms with Gasteiger partial charge in [-0.05, 0) is 13.0 Å². The van der Waals surface area contributed by atoms with E-state index in [1.807, 2.05) is 0 Å². The summed E-state index contributed by atoms with van der Waals surface area (Å²) in [5.74, 6) is 0. The molecule has 116 valence electrons. The lowest BCUT2D eigenvalue weighted by atomic mass is 10.2. The van der Waals surface area contributed by atoms with Crippen molar-refractivity contribution in [2.45, 2.75) is 32.6 Å². The van der Waals surface area contributed by atoms with E-state index in [0.717, 1.165) is 19.6 Å². The van der Waals surface area contributed by atoms with Crippen molar-refractivity contribution in [2.75, 3.05) is 59.3 Å². The molecule has 0 aliphatic rings. The van der Waals surface area contributed by atoms with Crippen molar-refractivity contribution in [3.63, 3.8) is 0 Å². The van der Waals surface area contributed by atoms with Crippen LogP contribution >= 0.6 is 0 Å². The van der Waals surface area contributed by atoms with Crippen LogP contribution in [0.15, 0.2) is 0 Å². The van der Waals surface area contributed by atoms with E-state index < -0.39 is 0 Å². The quantitative estimate of drug-likeness (QED) is 0.435. The highest BCUT2D eigenvalue weighted by Crippen LogP contribution is 2.01. The molecule has 19 heavy (non-hydrogen) atoms. The monoisotopic (exact) mass is 277 g/mol. The number of rotatable bonds is 15. The third-order valence-electron chi connectivity index (χ3n) is 2.90. The van der Waals surface area contributed by atoms with Crippen molar-refractivity contribution in [3.8, 4) is 0 Å². The minimum Gasteiger partial charge on any atom is -0.394 e. The molecule has 0 spiro atoms. The summed E-state index contributed by atoms with van der Waals surface area (Å²) < 4.78 is 10.6. The van der Waals surface area contributed by atoms with E-state index in [0.29, 0.717) is 26.4 Å². The lowest BCUT2D eigenvalue weighted by Crippen LogP contribution is -2.32. The number of ether oxygens (including phenoxy) is 2. The van der Waals surface area contributed by atoms with E-state index in [4.69, 9.17) is 19.7 Å². The Bertz CT molecular complexity index is 141. The summed E-state index contributed by atoms with van der Waals surface area (Å²) in [7, 11) is 0. The van der Waals surface area contributed by atoms with Crippen LogP contribution in [0.2, 0.25) is 0 Å². The Labute approximate surface area is 117 Å². The van der Waals surface area contributed by atoms with Crippen molar-refractivity contribution in [2.24, 2.45) is 0 Å². The van der Waals surface area contributed by atoms with Gasteiger partial charge in [0.05, 0.1) is 39.6 Å². The van der Waals surface area contributed by atoms with Gasteiger partial charge in [-0.2, -0.15) is 0 Å². The van der Waals surface area contributed by atoms with Crippen LogP contribution in [0.25, 0.3) is 0 Å². The first kappa shape index (κ1) is 18.8. The predicted molar refractivity (Wildman–Crippen MR) is 76.4 cm³/mol. The first-order chi connectivity index (χ1) is 9.35. The topological polar surface area (TPSA) is 62.2 Å². The highest BCUT2D eigenvalue weighted by Gasteiger charge is 2.04. The molecule has 0 saturated heterocycles. The normalized spacial score (nSPS) is 11.4. The lowest BCUT2D eigenvalue weighted by Gasteiger charge is -2.22. The van der Waals surface area contributed by atoms with E-state index in [9.17, 15) is 0 Å². The zero-order valence-corrected chi connectivity index (χ0v) is 12.4. The van der Waals surface area contributed by atoms with E-state index in [1.54, 1.807) is 0 Å². The Morgan fingerprint density at radius 2 is 1.32 bits per heavy atom. The number of unbranched alkanes of at least 4 members (excludes halogenated alkanes) is 3. The molecule has 0 rings (SSSR count). The second kappa shape index (κ2) is 15.9. The second-order valence-electron chi connectivity index (χ2n) is 4.57. The molecule has 0 amide bonds. The number of hydrogen-bond donors (Lipinski definition) is 2. The van der Waals surface area contributed by atoms with Gasteiger partial charge in [0.15, 0.2) is 0 Å². The highest BCUT2D eigenvalue weighted by molar-refractivity contribution is 4.58. The molecule has 0 aromatic carbocycles. The number of hydrogen-bond acceptors (Lipinski definition) is 5. The molecule has 5 heteroatoms. The molecule has 0 aliphatic carbocycles. The van der Waals surface area contributed by atoms with Gasteiger partial charge in [-0.1, -0.05) is 26.2 Å². The van der Waals surface area contributed by atoms with Crippen LogP contribution in [-0.4, -0.2) is 74.4 Å². The molecule has 0 radical (unpaired) electrons. The Kier molecular flexibility index (Phi) is 15.7. The smallest absolute Gasteiger partial charge is 0.0698 e. The molecule has 0 saturated carbocycles. The number of aliphatic hydroxyl groups excluding tert-OH is 2. The average molecular weight is 277 g/mol. The van der Waals surface area contributed by atoms with Crippen LogP contribution in [0.3, 0.4) is 0 Å². The van der Waals surface area contributed by atoms with Gasteiger partial charge in [0.2, 0.25) is 0 Å². The van der Waals surface area contributed by atoms with Gasteiger partial charge in [0.25, 0.3) is 0 Å². The maximum Gasteiger partial charge on any atom is 0.0698 e. The Morgan fingerprint density at radius 1 is 0.737 bits per heavy atom. The van der Waals surface area contributed by atoms with E-state index in [1.165, 1.54) is 25.7 Å². The molecule has 0 unspecified atom stereocenters. The summed E-state index contributed by atoms with van der Waals surface area (Å²) in [6.07, 6.45) is 5.00. The van der Waals surface area contributed by atoms with E-state index in [2.05, 4.69) is 11.8 Å². The SMILES string of the molecule is CCCCCCN(CCOCCO)CCOCCO. The summed E-state index contributed by atoms with van der Waals surface area (Å²) in [6, 6.07) is 0. The Balaban J connectivity index is 3.66. The molecule has 0 aliphatic heterocycles. The van der Waals surface area contributed by atoms with Gasteiger partial charge in [0, 0.05) is 13.1 Å². The average Bonchev–Trinajstić information content (AvgIpc) is 2.43. The Hall–Kier alpha value is -0.200. The molecular weight excluding hydrogens is 246 g/mol. The molecule has 0 atom stereocenters. The van der Waals surface area contributed by atoms with E-state index in [-0.39, 0.29) is 13.2 Å². The van der Waals surface area contributed by atoms with Crippen LogP contribution in [0.5, 0.6) is 0 Å². The van der Waals surface area contributed by atoms with Crippen molar-refractivity contribution in [1.29, 1.82) is 0 Å². The molecule has 0 aromatic heterocycles. The second-order valence-corrected chi connectivity index (χ2v) is 4.57. The summed E-state index contributed by atoms with van der Waals surface area (Å²) in [5, 5.41) is 17.3. The molecule has 0 fully saturated rings. The van der Waals surface area contributed by atoms with Crippen LogP contribution in [0.4, 0.5) is 0 Å². The zero-order valence-electron chi connectivity index (χ0n) is 12.4. The van der Waals surface area contributed by atoms with Gasteiger partial charge in [-0.3, -0.25) is 4.90 Å². The fourth-order valence-corrected chi connectivity index (χ4v) is 1.82. The molecular formula is C14H31NO4. The maximum absolute atomic E-state index is 8.65. The third kappa shape index (κ3) is 14.0. The summed E-state index contributed by atoms with van der Waals surface area (Å²) in [5.41, 5.74) is 0. The number of aliphatic hydroxyl groups is 2. The maximum atomic E-state index is 8.65. The van der Waals surface area contributed by atoms with Crippen LogP contribution in [0.1, 0.15) is 32.6 Å². The van der Waals surface area contributed by atoms with Crippen molar-refractivity contribution in [3.05, 3.63) is 0 Å². The molecule has 2 N–H and O–H groups in total. The molecule has 0 aromatic rings. The number of nitrogens with zero attached hydrogens (tertiary/aromatic N) is 1. The van der Waals surface area contributed by atoms with Gasteiger partial charge in [-0.15, -0.1) is 0 Å². The van der Waals surface area contributed by atoms with Gasteiger partial charge in [-0.25, -0.2) is 0 Å².